The first-order chi connectivity index (χ1) is 10.8. The number of pyridine rings is 1. The molecule has 7 heteroatoms. The van der Waals surface area contributed by atoms with Gasteiger partial charge in [0, 0.05) is 42.8 Å². The Bertz CT molecular complexity index is 675. The van der Waals surface area contributed by atoms with E-state index in [4.69, 9.17) is 5.73 Å². The lowest BCUT2D eigenvalue weighted by Gasteiger charge is -2.18. The zero-order chi connectivity index (χ0) is 15.4. The van der Waals surface area contributed by atoms with Gasteiger partial charge >= 0.3 is 0 Å². The summed E-state index contributed by atoms with van der Waals surface area (Å²) in [4.78, 5) is 18.8. The van der Waals surface area contributed by atoms with Gasteiger partial charge in [-0.1, -0.05) is 6.07 Å². The molecule has 0 radical (unpaired) electrons. The fourth-order valence-corrected chi connectivity index (χ4v) is 2.69. The van der Waals surface area contributed by atoms with Crippen LogP contribution in [0.1, 0.15) is 28.9 Å². The average molecular weight is 369 g/mol. The minimum absolute atomic E-state index is 0. The van der Waals surface area contributed by atoms with E-state index in [0.717, 1.165) is 24.5 Å². The summed E-state index contributed by atoms with van der Waals surface area (Å²) in [6.45, 7) is 2.49. The van der Waals surface area contributed by atoms with E-state index in [9.17, 15) is 4.79 Å². The van der Waals surface area contributed by atoms with Gasteiger partial charge in [0.25, 0.3) is 5.91 Å². The molecule has 1 amide bonds. The van der Waals surface area contributed by atoms with Gasteiger partial charge in [0.15, 0.2) is 0 Å². The van der Waals surface area contributed by atoms with E-state index >= 15 is 0 Å². The summed E-state index contributed by atoms with van der Waals surface area (Å²) in [7, 11) is 0. The van der Waals surface area contributed by atoms with E-state index in [1.54, 1.807) is 18.3 Å². The molecule has 0 spiro atoms. The maximum atomic E-state index is 12.3. The van der Waals surface area contributed by atoms with Crippen LogP contribution in [0.25, 0.3) is 0 Å². The summed E-state index contributed by atoms with van der Waals surface area (Å²) in [5.74, 6) is -0.143. The van der Waals surface area contributed by atoms with Crippen molar-refractivity contribution in [3.05, 3.63) is 53.9 Å². The highest BCUT2D eigenvalue weighted by molar-refractivity contribution is 6.04. The molecule has 1 aliphatic rings. The van der Waals surface area contributed by atoms with Gasteiger partial charge in [-0.2, -0.15) is 0 Å². The van der Waals surface area contributed by atoms with Crippen LogP contribution in [-0.4, -0.2) is 24.0 Å². The van der Waals surface area contributed by atoms with Gasteiger partial charge in [-0.25, -0.2) is 0 Å². The first-order valence-electron chi connectivity index (χ1n) is 7.57. The maximum absolute atomic E-state index is 12.3. The topological polar surface area (TPSA) is 71.2 Å². The SMILES string of the molecule is Cl.Cl.NCc1cc(C(=O)Nc2cccc(N3CCCC3)c2)ccn1. The van der Waals surface area contributed by atoms with Crippen molar-refractivity contribution in [2.45, 2.75) is 19.4 Å². The molecule has 3 rings (SSSR count). The molecule has 130 valence electrons. The molecule has 2 aromatic rings. The molecule has 0 unspecified atom stereocenters. The highest BCUT2D eigenvalue weighted by Crippen LogP contribution is 2.23. The van der Waals surface area contributed by atoms with Crippen LogP contribution >= 0.6 is 24.8 Å². The number of benzene rings is 1. The molecule has 2 heterocycles. The van der Waals surface area contributed by atoms with Crippen LogP contribution in [0, 0.1) is 0 Å². The molecular formula is C17H22Cl2N4O. The highest BCUT2D eigenvalue weighted by atomic mass is 35.5. The summed E-state index contributed by atoms with van der Waals surface area (Å²) in [5, 5.41) is 2.94. The number of hydrogen-bond acceptors (Lipinski definition) is 4. The third-order valence-corrected chi connectivity index (χ3v) is 3.86. The van der Waals surface area contributed by atoms with Crippen LogP contribution in [0.4, 0.5) is 11.4 Å². The minimum Gasteiger partial charge on any atom is -0.371 e. The summed E-state index contributed by atoms with van der Waals surface area (Å²) in [6, 6.07) is 11.4. The van der Waals surface area contributed by atoms with E-state index in [1.165, 1.54) is 12.8 Å². The Hall–Kier alpha value is -1.82. The van der Waals surface area contributed by atoms with Crippen LogP contribution in [0.5, 0.6) is 0 Å². The second kappa shape index (κ2) is 9.47. The zero-order valence-electron chi connectivity index (χ0n) is 13.3. The number of anilines is 2. The van der Waals surface area contributed by atoms with E-state index in [1.807, 2.05) is 18.2 Å². The smallest absolute Gasteiger partial charge is 0.255 e. The molecule has 1 saturated heterocycles. The van der Waals surface area contributed by atoms with Gasteiger partial charge in [0.05, 0.1) is 5.69 Å². The number of rotatable bonds is 4. The predicted octanol–water partition coefficient (Wildman–Crippen LogP) is 3.24. The molecule has 0 bridgehead atoms. The Morgan fingerprint density at radius 3 is 2.62 bits per heavy atom. The van der Waals surface area contributed by atoms with Crippen molar-refractivity contribution in [2.24, 2.45) is 5.73 Å². The number of nitrogens with two attached hydrogens (primary N) is 1. The normalized spacial score (nSPS) is 13.0. The summed E-state index contributed by atoms with van der Waals surface area (Å²) < 4.78 is 0. The van der Waals surface area contributed by atoms with Crippen molar-refractivity contribution < 1.29 is 4.79 Å². The number of amides is 1. The first-order valence-corrected chi connectivity index (χ1v) is 7.57. The molecule has 1 aromatic carbocycles. The standard InChI is InChI=1S/C17H20N4O.2ClH/c18-12-15-10-13(6-7-19-15)17(22)20-14-4-3-5-16(11-14)21-8-1-2-9-21;;/h3-7,10-11H,1-2,8-9,12,18H2,(H,20,22);2*1H. The van der Waals surface area contributed by atoms with Crippen LogP contribution in [0.15, 0.2) is 42.6 Å². The Balaban J connectivity index is 0.00000144. The summed E-state index contributed by atoms with van der Waals surface area (Å²) in [6.07, 6.45) is 4.07. The van der Waals surface area contributed by atoms with Crippen molar-refractivity contribution in [1.82, 2.24) is 4.98 Å². The van der Waals surface area contributed by atoms with Crippen molar-refractivity contribution in [3.63, 3.8) is 0 Å². The van der Waals surface area contributed by atoms with Gasteiger partial charge < -0.3 is 16.0 Å². The molecule has 1 aromatic heterocycles. The van der Waals surface area contributed by atoms with Gasteiger partial charge in [0.2, 0.25) is 0 Å². The third kappa shape index (κ3) is 4.84. The molecule has 1 fully saturated rings. The first kappa shape index (κ1) is 20.2. The highest BCUT2D eigenvalue weighted by Gasteiger charge is 2.13. The number of carbonyl (C=O) groups excluding carboxylic acids is 1. The van der Waals surface area contributed by atoms with Crippen LogP contribution in [0.3, 0.4) is 0 Å². The van der Waals surface area contributed by atoms with Crippen LogP contribution in [-0.2, 0) is 6.54 Å². The second-order valence-electron chi connectivity index (χ2n) is 5.44. The van der Waals surface area contributed by atoms with Gasteiger partial charge in [-0.15, -0.1) is 24.8 Å². The number of hydrogen-bond donors (Lipinski definition) is 2. The van der Waals surface area contributed by atoms with E-state index in [0.29, 0.717) is 17.8 Å². The maximum Gasteiger partial charge on any atom is 0.255 e. The summed E-state index contributed by atoms with van der Waals surface area (Å²) in [5.41, 5.74) is 8.81. The lowest BCUT2D eigenvalue weighted by molar-refractivity contribution is 0.102. The largest absolute Gasteiger partial charge is 0.371 e. The fraction of sp³-hybridized carbons (Fsp3) is 0.294. The molecule has 0 aliphatic carbocycles. The molecular weight excluding hydrogens is 347 g/mol. The van der Waals surface area contributed by atoms with E-state index < -0.39 is 0 Å². The summed E-state index contributed by atoms with van der Waals surface area (Å²) >= 11 is 0. The Morgan fingerprint density at radius 2 is 1.92 bits per heavy atom. The van der Waals surface area contributed by atoms with Crippen molar-refractivity contribution in [2.75, 3.05) is 23.3 Å². The lowest BCUT2D eigenvalue weighted by atomic mass is 10.2. The monoisotopic (exact) mass is 368 g/mol. The Kier molecular flexibility index (Phi) is 7.98. The third-order valence-electron chi connectivity index (χ3n) is 3.86. The Labute approximate surface area is 154 Å². The number of nitrogens with one attached hydrogen (secondary N) is 1. The fourth-order valence-electron chi connectivity index (χ4n) is 2.69. The van der Waals surface area contributed by atoms with Gasteiger partial charge in [-0.3, -0.25) is 9.78 Å². The molecule has 0 saturated carbocycles. The molecule has 5 nitrogen and oxygen atoms in total. The number of nitrogens with zero attached hydrogens (tertiary/aromatic N) is 2. The Morgan fingerprint density at radius 1 is 1.17 bits per heavy atom. The number of carbonyl (C=O) groups is 1. The minimum atomic E-state index is -0.143. The molecule has 3 N–H and O–H groups in total. The van der Waals surface area contributed by atoms with Crippen LogP contribution < -0.4 is 16.0 Å². The number of aromatic nitrogens is 1. The van der Waals surface area contributed by atoms with Gasteiger partial charge in [-0.05, 0) is 43.2 Å². The predicted molar refractivity (Wildman–Crippen MR) is 102 cm³/mol. The molecule has 1 aliphatic heterocycles. The van der Waals surface area contributed by atoms with Crippen LogP contribution in [0.2, 0.25) is 0 Å². The quantitative estimate of drug-likeness (QED) is 0.868. The molecule has 0 atom stereocenters. The van der Waals surface area contributed by atoms with Crippen molar-refractivity contribution in [1.29, 1.82) is 0 Å². The number of halogens is 2. The van der Waals surface area contributed by atoms with E-state index in [-0.39, 0.29) is 30.7 Å². The van der Waals surface area contributed by atoms with Crippen molar-refractivity contribution in [3.8, 4) is 0 Å². The van der Waals surface area contributed by atoms with Gasteiger partial charge in [0.1, 0.15) is 0 Å². The van der Waals surface area contributed by atoms with E-state index in [2.05, 4.69) is 21.3 Å². The zero-order valence-corrected chi connectivity index (χ0v) is 14.9. The lowest BCUT2D eigenvalue weighted by Crippen LogP contribution is -2.18. The van der Waals surface area contributed by atoms with Crippen molar-refractivity contribution >= 4 is 42.1 Å². The second-order valence-corrected chi connectivity index (χ2v) is 5.44. The average Bonchev–Trinajstić information content (AvgIpc) is 3.10. The molecule has 24 heavy (non-hydrogen) atoms.